The molecular weight excluding hydrogens is 324 g/mol. The van der Waals surface area contributed by atoms with E-state index in [0.29, 0.717) is 5.92 Å². The predicted molar refractivity (Wildman–Crippen MR) is 117 cm³/mol. The van der Waals surface area contributed by atoms with Crippen molar-refractivity contribution in [3.05, 3.63) is 76.4 Å². The number of hydrogen-bond acceptors (Lipinski definition) is 0. The molecule has 4 rings (SSSR count). The van der Waals surface area contributed by atoms with Crippen LogP contribution < -0.4 is 0 Å². The number of hydrogen-bond donors (Lipinski definition) is 0. The lowest BCUT2D eigenvalue weighted by Gasteiger charge is -2.29. The fourth-order valence-electron chi connectivity index (χ4n) is 5.30. The van der Waals surface area contributed by atoms with Crippen LogP contribution >= 0.6 is 0 Å². The van der Waals surface area contributed by atoms with Gasteiger partial charge in [0.25, 0.3) is 0 Å². The molecule has 0 N–H and O–H groups in total. The third-order valence-corrected chi connectivity index (χ3v) is 7.12. The van der Waals surface area contributed by atoms with Crippen molar-refractivity contribution in [3.63, 3.8) is 0 Å². The quantitative estimate of drug-likeness (QED) is 0.526. The molecule has 27 heavy (non-hydrogen) atoms. The average Bonchev–Trinajstić information content (AvgIpc) is 2.74. The Labute approximate surface area is 165 Å². The summed E-state index contributed by atoms with van der Waals surface area (Å²) >= 11 is 0. The molecule has 0 amide bonds. The van der Waals surface area contributed by atoms with Gasteiger partial charge in [-0.05, 0) is 97.4 Å². The second-order valence-electron chi connectivity index (χ2n) is 8.76. The van der Waals surface area contributed by atoms with E-state index >= 15 is 0 Å². The fourth-order valence-corrected chi connectivity index (χ4v) is 5.30. The predicted octanol–water partition coefficient (Wildman–Crippen LogP) is 7.68. The third kappa shape index (κ3) is 4.21. The van der Waals surface area contributed by atoms with Crippen LogP contribution in [0.4, 0.5) is 0 Å². The molecule has 1 atom stereocenters. The minimum Gasteiger partial charge on any atom is -0.0871 e. The van der Waals surface area contributed by atoms with Gasteiger partial charge in [0.2, 0.25) is 0 Å². The van der Waals surface area contributed by atoms with Crippen molar-refractivity contribution in [2.75, 3.05) is 0 Å². The van der Waals surface area contributed by atoms with Crippen LogP contribution in [-0.2, 0) is 12.8 Å². The van der Waals surface area contributed by atoms with Gasteiger partial charge in [-0.25, -0.2) is 0 Å². The Morgan fingerprint density at radius 3 is 2.19 bits per heavy atom. The van der Waals surface area contributed by atoms with E-state index in [-0.39, 0.29) is 0 Å². The molecule has 0 saturated heterocycles. The third-order valence-electron chi connectivity index (χ3n) is 7.12. The average molecular weight is 359 g/mol. The van der Waals surface area contributed by atoms with Crippen LogP contribution in [-0.4, -0.2) is 0 Å². The van der Waals surface area contributed by atoms with Gasteiger partial charge in [-0.3, -0.25) is 0 Å². The molecule has 2 aromatic carbocycles. The van der Waals surface area contributed by atoms with Gasteiger partial charge >= 0.3 is 0 Å². The molecule has 0 heteroatoms. The van der Waals surface area contributed by atoms with Gasteiger partial charge in [0, 0.05) is 0 Å². The number of allylic oxidation sites excluding steroid dienone is 1. The Bertz CT molecular complexity index is 772. The maximum atomic E-state index is 2.44. The fraction of sp³-hybridized carbons (Fsp3) is 0.481. The molecule has 0 radical (unpaired) electrons. The maximum Gasteiger partial charge on any atom is -0.0118 e. The Kier molecular flexibility index (Phi) is 5.81. The van der Waals surface area contributed by atoms with Gasteiger partial charge in [0.1, 0.15) is 0 Å². The molecule has 0 aliphatic heterocycles. The topological polar surface area (TPSA) is 0 Å². The van der Waals surface area contributed by atoms with Crippen molar-refractivity contribution < 1.29 is 0 Å². The zero-order chi connectivity index (χ0) is 18.6. The second-order valence-corrected chi connectivity index (χ2v) is 8.76. The monoisotopic (exact) mass is 358 g/mol. The van der Waals surface area contributed by atoms with E-state index in [1.165, 1.54) is 56.9 Å². The molecule has 0 nitrogen and oxygen atoms in total. The second kappa shape index (κ2) is 8.46. The zero-order valence-electron chi connectivity index (χ0n) is 17.1. The summed E-state index contributed by atoms with van der Waals surface area (Å²) in [4.78, 5) is 0. The number of fused-ring (bicyclic) bond motifs is 1. The van der Waals surface area contributed by atoms with Gasteiger partial charge in [-0.1, -0.05) is 68.0 Å². The van der Waals surface area contributed by atoms with Gasteiger partial charge in [-0.2, -0.15) is 0 Å². The van der Waals surface area contributed by atoms with Gasteiger partial charge < -0.3 is 0 Å². The summed E-state index contributed by atoms with van der Waals surface area (Å²) in [6.07, 6.45) is 15.0. The zero-order valence-corrected chi connectivity index (χ0v) is 17.1. The van der Waals surface area contributed by atoms with Crippen LogP contribution in [0, 0.1) is 5.92 Å². The molecule has 1 fully saturated rings. The Morgan fingerprint density at radius 1 is 0.815 bits per heavy atom. The van der Waals surface area contributed by atoms with Crippen molar-refractivity contribution in [1.82, 2.24) is 0 Å². The number of benzene rings is 2. The van der Waals surface area contributed by atoms with Crippen LogP contribution in [0.25, 0.3) is 6.08 Å². The van der Waals surface area contributed by atoms with Crippen molar-refractivity contribution >= 4 is 6.08 Å². The SMILES string of the molecule is C/C=C/c1ccc2c(c1)CCC(c1ccc(C3CCC(CC)CC3)cc1)C2. The molecule has 142 valence electrons. The lowest BCUT2D eigenvalue weighted by atomic mass is 9.76. The first-order valence-electron chi connectivity index (χ1n) is 11.1. The first kappa shape index (κ1) is 18.5. The molecular formula is C27H34. The van der Waals surface area contributed by atoms with Crippen molar-refractivity contribution in [2.24, 2.45) is 5.92 Å². The van der Waals surface area contributed by atoms with E-state index in [2.05, 4.69) is 68.5 Å². The van der Waals surface area contributed by atoms with Crippen LogP contribution in [0.2, 0.25) is 0 Å². The largest absolute Gasteiger partial charge is 0.0871 e. The number of rotatable bonds is 4. The summed E-state index contributed by atoms with van der Waals surface area (Å²) in [5.41, 5.74) is 7.59. The molecule has 2 aliphatic carbocycles. The van der Waals surface area contributed by atoms with Crippen LogP contribution in [0.5, 0.6) is 0 Å². The molecule has 0 spiro atoms. The van der Waals surface area contributed by atoms with Gasteiger partial charge in [0.05, 0.1) is 0 Å². The normalized spacial score (nSPS) is 25.5. The Hall–Kier alpha value is -1.82. The van der Waals surface area contributed by atoms with Gasteiger partial charge in [0.15, 0.2) is 0 Å². The summed E-state index contributed by atoms with van der Waals surface area (Å²) in [5.74, 6) is 2.48. The van der Waals surface area contributed by atoms with E-state index in [9.17, 15) is 0 Å². The molecule has 2 aliphatic rings. The summed E-state index contributed by atoms with van der Waals surface area (Å²) in [6.45, 7) is 4.44. The van der Waals surface area contributed by atoms with E-state index in [1.807, 2.05) is 0 Å². The Morgan fingerprint density at radius 2 is 1.52 bits per heavy atom. The summed E-state index contributed by atoms with van der Waals surface area (Å²) < 4.78 is 0. The highest BCUT2D eigenvalue weighted by atomic mass is 14.3. The smallest absolute Gasteiger partial charge is 0.0118 e. The molecule has 1 unspecified atom stereocenters. The summed E-state index contributed by atoms with van der Waals surface area (Å²) in [7, 11) is 0. The van der Waals surface area contributed by atoms with E-state index < -0.39 is 0 Å². The minimum atomic E-state index is 0.690. The van der Waals surface area contributed by atoms with Crippen LogP contribution in [0.15, 0.2) is 48.5 Å². The highest BCUT2D eigenvalue weighted by Crippen LogP contribution is 2.38. The van der Waals surface area contributed by atoms with E-state index in [4.69, 9.17) is 0 Å². The van der Waals surface area contributed by atoms with E-state index in [1.54, 1.807) is 22.3 Å². The van der Waals surface area contributed by atoms with Crippen molar-refractivity contribution in [3.8, 4) is 0 Å². The first-order valence-corrected chi connectivity index (χ1v) is 11.1. The first-order chi connectivity index (χ1) is 13.3. The minimum absolute atomic E-state index is 0.690. The van der Waals surface area contributed by atoms with E-state index in [0.717, 1.165) is 11.8 Å². The highest BCUT2D eigenvalue weighted by molar-refractivity contribution is 5.52. The molecule has 0 heterocycles. The molecule has 1 saturated carbocycles. The highest BCUT2D eigenvalue weighted by Gasteiger charge is 2.23. The summed E-state index contributed by atoms with van der Waals surface area (Å²) in [6, 6.07) is 16.8. The molecule has 2 aromatic rings. The lowest BCUT2D eigenvalue weighted by Crippen LogP contribution is -2.14. The van der Waals surface area contributed by atoms with Gasteiger partial charge in [-0.15, -0.1) is 0 Å². The Balaban J connectivity index is 1.42. The summed E-state index contributed by atoms with van der Waals surface area (Å²) in [5, 5.41) is 0. The lowest BCUT2D eigenvalue weighted by molar-refractivity contribution is 0.319. The molecule has 0 aromatic heterocycles. The van der Waals surface area contributed by atoms with Crippen molar-refractivity contribution in [1.29, 1.82) is 0 Å². The molecule has 0 bridgehead atoms. The van der Waals surface area contributed by atoms with Crippen molar-refractivity contribution in [2.45, 2.75) is 77.0 Å². The standard InChI is InChI=1S/C27H34/c1-3-5-21-8-11-27-19-26(17-16-25(27)18-21)24-14-12-23(13-15-24)22-9-6-20(4-2)7-10-22/h3,5,8,11-15,18,20,22,26H,4,6-7,9-10,16-17,19H2,1-2H3/b5-3+. The van der Waals surface area contributed by atoms with Crippen LogP contribution in [0.3, 0.4) is 0 Å². The number of aryl methyl sites for hydroxylation is 1. The van der Waals surface area contributed by atoms with Crippen LogP contribution in [0.1, 0.15) is 92.0 Å². The maximum absolute atomic E-state index is 2.44.